The quantitative estimate of drug-likeness (QED) is 0.505. The minimum Gasteiger partial charge on any atom is -0.390 e. The number of carbonyl (C=O) groups excluding carboxylic acids is 1. The smallest absolute Gasteiger partial charge is 0.263 e. The first-order chi connectivity index (χ1) is 15.9. The van der Waals surface area contributed by atoms with Gasteiger partial charge in [0.1, 0.15) is 0 Å². The van der Waals surface area contributed by atoms with Crippen LogP contribution in [0.2, 0.25) is 0 Å². The highest BCUT2D eigenvalue weighted by Gasteiger charge is 2.53. The van der Waals surface area contributed by atoms with E-state index in [2.05, 4.69) is 26.1 Å². The fraction of sp³-hybridized carbons (Fsp3) is 0.654. The first kappa shape index (κ1) is 23.9. The van der Waals surface area contributed by atoms with Crippen molar-refractivity contribution in [2.75, 3.05) is 11.4 Å². The molecule has 1 heterocycles. The van der Waals surface area contributed by atoms with Gasteiger partial charge in [0.2, 0.25) is 5.91 Å². The number of aliphatic hydroxyl groups is 1. The van der Waals surface area contributed by atoms with Gasteiger partial charge in [-0.25, -0.2) is 4.39 Å². The van der Waals surface area contributed by atoms with E-state index in [1.54, 1.807) is 6.92 Å². The van der Waals surface area contributed by atoms with Crippen molar-refractivity contribution >= 4 is 27.5 Å². The maximum Gasteiger partial charge on any atom is 0.263 e. The Balaban J connectivity index is 1.35. The Morgan fingerprint density at radius 2 is 1.88 bits per heavy atom. The zero-order chi connectivity index (χ0) is 24.4. The molecule has 1 aromatic carbocycles. The maximum absolute atomic E-state index is 14.3. The Labute approximate surface area is 208 Å². The maximum atomic E-state index is 14.3. The van der Waals surface area contributed by atoms with E-state index in [1.165, 1.54) is 13.8 Å². The molecule has 6 nitrogen and oxygen atoms in total. The van der Waals surface area contributed by atoms with Gasteiger partial charge in [-0.1, -0.05) is 27.2 Å². The molecule has 1 N–H and O–H groups in total. The normalized spacial score (nSPS) is 32.9. The Bertz CT molecular complexity index is 1060. The van der Waals surface area contributed by atoms with Crippen LogP contribution in [-0.4, -0.2) is 33.3 Å². The van der Waals surface area contributed by atoms with Crippen LogP contribution in [0.25, 0.3) is 0 Å². The van der Waals surface area contributed by atoms with Gasteiger partial charge < -0.3 is 14.5 Å². The van der Waals surface area contributed by atoms with Crippen LogP contribution in [0, 0.1) is 11.3 Å². The second kappa shape index (κ2) is 8.12. The molecule has 6 rings (SSSR count). The third-order valence-corrected chi connectivity index (χ3v) is 8.90. The average molecular weight is 534 g/mol. The molecule has 1 amide bonds. The van der Waals surface area contributed by atoms with E-state index in [0.717, 1.165) is 48.7 Å². The van der Waals surface area contributed by atoms with Crippen LogP contribution >= 0.6 is 15.9 Å². The van der Waals surface area contributed by atoms with Crippen molar-refractivity contribution in [1.29, 1.82) is 0 Å². The van der Waals surface area contributed by atoms with E-state index in [0.29, 0.717) is 25.2 Å². The monoisotopic (exact) mass is 533 g/mol. The van der Waals surface area contributed by atoms with E-state index in [-0.39, 0.29) is 28.5 Å². The van der Waals surface area contributed by atoms with Crippen LogP contribution in [0.5, 0.6) is 0 Å². The number of fused-ring (bicyclic) bond motifs is 3. The van der Waals surface area contributed by atoms with Crippen molar-refractivity contribution in [3.05, 3.63) is 40.5 Å². The number of nitrogens with zero attached hydrogens (tertiary/aromatic N) is 3. The molecule has 2 aromatic rings. The summed E-state index contributed by atoms with van der Waals surface area (Å²) in [5.74, 6) is 0.646. The summed E-state index contributed by atoms with van der Waals surface area (Å²) >= 11 is 3.55. The summed E-state index contributed by atoms with van der Waals surface area (Å²) in [5, 5.41) is 14.4. The summed E-state index contributed by atoms with van der Waals surface area (Å²) in [4.78, 5) is 20.0. The second-order valence-corrected chi connectivity index (χ2v) is 12.6. The molecule has 1 aromatic heterocycles. The summed E-state index contributed by atoms with van der Waals surface area (Å²) in [7, 11) is 0. The number of halogens is 2. The van der Waals surface area contributed by atoms with Gasteiger partial charge in [-0.2, -0.15) is 4.98 Å². The highest BCUT2D eigenvalue weighted by molar-refractivity contribution is 9.10. The molecule has 0 atom stereocenters. The predicted molar refractivity (Wildman–Crippen MR) is 130 cm³/mol. The van der Waals surface area contributed by atoms with Crippen molar-refractivity contribution in [3.8, 4) is 0 Å². The highest BCUT2D eigenvalue weighted by atomic mass is 79.9. The molecule has 0 spiro atoms. The number of amides is 1. The number of hydrogen-bond acceptors (Lipinski definition) is 5. The lowest BCUT2D eigenvalue weighted by Crippen LogP contribution is -2.54. The second-order valence-electron chi connectivity index (χ2n) is 11.7. The first-order valence-corrected chi connectivity index (χ1v) is 13.0. The van der Waals surface area contributed by atoms with Crippen molar-refractivity contribution in [3.63, 3.8) is 0 Å². The zero-order valence-corrected chi connectivity index (χ0v) is 21.7. The van der Waals surface area contributed by atoms with E-state index < -0.39 is 11.3 Å². The summed E-state index contributed by atoms with van der Waals surface area (Å²) < 4.78 is 20.5. The largest absolute Gasteiger partial charge is 0.390 e. The third kappa shape index (κ3) is 4.32. The van der Waals surface area contributed by atoms with E-state index in [4.69, 9.17) is 4.52 Å². The average Bonchev–Trinajstić information content (AvgIpc) is 3.29. The van der Waals surface area contributed by atoms with Gasteiger partial charge in [-0.3, -0.25) is 4.79 Å². The predicted octanol–water partition coefficient (Wildman–Crippen LogP) is 5.82. The SMILES string of the molecule is CC(C)(F)c1nc(C23CCC(CN(c4cccc(Br)c4)C(=O)[C@H]4C[C@@](C)(O)C4)(CC2)CC3)no1. The van der Waals surface area contributed by atoms with Crippen molar-refractivity contribution < 1.29 is 18.8 Å². The molecule has 0 radical (unpaired) electrons. The number of carbonyl (C=O) groups is 1. The summed E-state index contributed by atoms with van der Waals surface area (Å²) in [6, 6.07) is 7.92. The van der Waals surface area contributed by atoms with E-state index >= 15 is 0 Å². The van der Waals surface area contributed by atoms with Crippen LogP contribution in [0.15, 0.2) is 33.3 Å². The van der Waals surface area contributed by atoms with Gasteiger partial charge in [-0.15, -0.1) is 0 Å². The topological polar surface area (TPSA) is 79.5 Å². The molecule has 4 saturated carbocycles. The Morgan fingerprint density at radius 1 is 1.24 bits per heavy atom. The summed E-state index contributed by atoms with van der Waals surface area (Å²) in [6.07, 6.45) is 6.67. The van der Waals surface area contributed by atoms with Crippen molar-refractivity contribution in [2.45, 2.75) is 88.8 Å². The molecule has 0 saturated heterocycles. The van der Waals surface area contributed by atoms with Gasteiger partial charge >= 0.3 is 0 Å². The van der Waals surface area contributed by atoms with Gasteiger partial charge in [0.25, 0.3) is 5.89 Å². The Kier molecular flexibility index (Phi) is 5.71. The summed E-state index contributed by atoms with van der Waals surface area (Å²) in [6.45, 7) is 5.34. The lowest BCUT2D eigenvalue weighted by atomic mass is 9.53. The number of rotatable bonds is 6. The standard InChI is InChI=1S/C26H33BrFN3O3/c1-23(2,28)22-29-21(30-34-22)26-10-7-25(8-11-26,9-12-26)16-31(19-6-4-5-18(27)13-19)20(32)17-14-24(3,33)15-17/h4-6,13,17,33H,7-12,14-16H2,1-3H3/t17-,24+,25?,26?. The van der Waals surface area contributed by atoms with Gasteiger partial charge in [0.15, 0.2) is 11.5 Å². The van der Waals surface area contributed by atoms with Crippen LogP contribution in [0.4, 0.5) is 10.1 Å². The molecule has 8 heteroatoms. The fourth-order valence-corrected chi connectivity index (χ4v) is 6.58. The lowest BCUT2D eigenvalue weighted by Gasteiger charge is -2.54. The first-order valence-electron chi connectivity index (χ1n) is 12.2. The minimum absolute atomic E-state index is 0.0396. The van der Waals surface area contributed by atoms with Gasteiger partial charge in [0.05, 0.1) is 5.60 Å². The molecule has 4 aliphatic carbocycles. The Hall–Kier alpha value is -1.80. The number of alkyl halides is 1. The van der Waals surface area contributed by atoms with Gasteiger partial charge in [0, 0.05) is 28.0 Å². The van der Waals surface area contributed by atoms with E-state index in [1.807, 2.05) is 29.2 Å². The third-order valence-electron chi connectivity index (χ3n) is 8.41. The van der Waals surface area contributed by atoms with Crippen LogP contribution < -0.4 is 4.90 Å². The Morgan fingerprint density at radius 3 is 2.41 bits per heavy atom. The molecular formula is C26H33BrFN3O3. The number of benzene rings is 1. The van der Waals surface area contributed by atoms with E-state index in [9.17, 15) is 14.3 Å². The molecule has 184 valence electrons. The molecular weight excluding hydrogens is 501 g/mol. The molecule has 0 aliphatic heterocycles. The molecule has 0 unspecified atom stereocenters. The van der Waals surface area contributed by atoms with Crippen LogP contribution in [0.3, 0.4) is 0 Å². The molecule has 2 bridgehead atoms. The van der Waals surface area contributed by atoms with Crippen LogP contribution in [-0.2, 0) is 15.9 Å². The van der Waals surface area contributed by atoms with Crippen molar-refractivity contribution in [1.82, 2.24) is 10.1 Å². The minimum atomic E-state index is -1.65. The molecule has 4 aliphatic rings. The lowest BCUT2D eigenvalue weighted by molar-refractivity contribution is -0.137. The fourth-order valence-electron chi connectivity index (χ4n) is 6.19. The number of anilines is 1. The van der Waals surface area contributed by atoms with Crippen LogP contribution in [0.1, 0.15) is 83.9 Å². The van der Waals surface area contributed by atoms with Gasteiger partial charge in [-0.05, 0) is 95.8 Å². The summed E-state index contributed by atoms with van der Waals surface area (Å²) in [5.41, 5.74) is -1.61. The number of hydrogen-bond donors (Lipinski definition) is 1. The number of aromatic nitrogens is 2. The molecule has 34 heavy (non-hydrogen) atoms. The molecule has 4 fully saturated rings. The van der Waals surface area contributed by atoms with Crippen molar-refractivity contribution in [2.24, 2.45) is 11.3 Å². The zero-order valence-electron chi connectivity index (χ0n) is 20.1. The highest BCUT2D eigenvalue weighted by Crippen LogP contribution is 2.58.